The number of nitriles is 1. The molecule has 10 nitrogen and oxygen atoms in total. The molecule has 1 atom stereocenters. The van der Waals surface area contributed by atoms with E-state index in [4.69, 9.17) is 10.5 Å². The molecule has 0 unspecified atom stereocenters. The fourth-order valence-electron chi connectivity index (χ4n) is 4.81. The molecule has 1 saturated heterocycles. The average molecular weight is 524 g/mol. The van der Waals surface area contributed by atoms with Crippen molar-refractivity contribution in [3.8, 4) is 23.3 Å². The van der Waals surface area contributed by atoms with Gasteiger partial charge in [0.05, 0.1) is 11.7 Å². The number of carbonyl (C=O) groups is 1. The lowest BCUT2D eigenvalue weighted by atomic mass is 9.93. The maximum atomic E-state index is 13.9. The van der Waals surface area contributed by atoms with E-state index in [1.165, 1.54) is 10.9 Å². The van der Waals surface area contributed by atoms with Gasteiger partial charge in [-0.3, -0.25) is 13.9 Å². The van der Waals surface area contributed by atoms with Crippen molar-refractivity contribution in [2.45, 2.75) is 33.2 Å². The lowest BCUT2D eigenvalue weighted by molar-refractivity contribution is -0.125. The van der Waals surface area contributed by atoms with Crippen LogP contribution in [0.1, 0.15) is 33.2 Å². The van der Waals surface area contributed by atoms with Crippen LogP contribution in [0.25, 0.3) is 16.9 Å². The number of amides is 1. The first-order valence-corrected chi connectivity index (χ1v) is 12.7. The summed E-state index contributed by atoms with van der Waals surface area (Å²) in [4.78, 5) is 37.1. The van der Waals surface area contributed by atoms with Crippen molar-refractivity contribution in [1.82, 2.24) is 24.0 Å². The van der Waals surface area contributed by atoms with Gasteiger partial charge in [-0.1, -0.05) is 45.0 Å². The Morgan fingerprint density at radius 1 is 1.10 bits per heavy atom. The molecule has 1 amide bonds. The van der Waals surface area contributed by atoms with Gasteiger partial charge in [-0.25, -0.2) is 14.8 Å². The van der Waals surface area contributed by atoms with Crippen molar-refractivity contribution in [1.29, 1.82) is 5.26 Å². The molecule has 1 aliphatic heterocycles. The number of aromatic nitrogens is 4. The topological polar surface area (TPSA) is 132 Å². The summed E-state index contributed by atoms with van der Waals surface area (Å²) < 4.78 is 8.95. The van der Waals surface area contributed by atoms with Gasteiger partial charge in [0.25, 0.3) is 5.91 Å². The lowest BCUT2D eigenvalue weighted by Gasteiger charge is -2.18. The molecule has 2 N–H and O–H groups in total. The van der Waals surface area contributed by atoms with Gasteiger partial charge in [0.1, 0.15) is 35.0 Å². The number of ether oxygens (including phenoxy) is 1. The number of benzene rings is 2. The third-order valence-corrected chi connectivity index (χ3v) is 6.50. The molecule has 0 radical (unpaired) electrons. The number of para-hydroxylation sites is 1. The average Bonchev–Trinajstić information content (AvgIpc) is 3.50. The maximum Gasteiger partial charge on any atom is 0.335 e. The largest absolute Gasteiger partial charge is 0.457 e. The summed E-state index contributed by atoms with van der Waals surface area (Å²) in [5.74, 6) is 1.16. The molecular weight excluding hydrogens is 494 g/mol. The van der Waals surface area contributed by atoms with E-state index in [9.17, 15) is 14.9 Å². The van der Waals surface area contributed by atoms with Crippen LogP contribution >= 0.6 is 0 Å². The van der Waals surface area contributed by atoms with Gasteiger partial charge >= 0.3 is 5.69 Å². The molecular formula is C29H29N7O3. The van der Waals surface area contributed by atoms with E-state index >= 15 is 0 Å². The van der Waals surface area contributed by atoms with Gasteiger partial charge in [-0.2, -0.15) is 5.26 Å². The molecule has 4 aromatic rings. The zero-order chi connectivity index (χ0) is 27.7. The predicted octanol–water partition coefficient (Wildman–Crippen LogP) is 4.23. The number of likely N-dealkylation sites (tertiary alicyclic amines) is 1. The third kappa shape index (κ3) is 5.11. The van der Waals surface area contributed by atoms with E-state index in [1.807, 2.05) is 57.2 Å². The zero-order valence-corrected chi connectivity index (χ0v) is 22.0. The number of rotatable bonds is 5. The van der Waals surface area contributed by atoms with Crippen LogP contribution in [0.15, 0.2) is 77.4 Å². The normalized spacial score (nSPS) is 15.9. The van der Waals surface area contributed by atoms with Gasteiger partial charge in [-0.15, -0.1) is 0 Å². The monoisotopic (exact) mass is 523 g/mol. The number of nitrogens with two attached hydrogens (primary N) is 1. The van der Waals surface area contributed by atoms with Crippen molar-refractivity contribution in [3.05, 3.63) is 83.1 Å². The van der Waals surface area contributed by atoms with Gasteiger partial charge in [0.15, 0.2) is 11.5 Å². The molecule has 5 rings (SSSR count). The number of hydrogen-bond donors (Lipinski definition) is 1. The number of fused-ring (bicyclic) bond motifs is 1. The van der Waals surface area contributed by atoms with E-state index in [2.05, 4.69) is 9.97 Å². The Morgan fingerprint density at radius 3 is 2.46 bits per heavy atom. The molecule has 0 saturated carbocycles. The first-order valence-electron chi connectivity index (χ1n) is 12.7. The smallest absolute Gasteiger partial charge is 0.335 e. The van der Waals surface area contributed by atoms with Crippen LogP contribution in [-0.2, 0) is 4.79 Å². The number of carbonyl (C=O) groups excluding carboxylic acids is 1. The molecule has 0 spiro atoms. The second-order valence-corrected chi connectivity index (χ2v) is 10.6. The maximum absolute atomic E-state index is 13.9. The molecule has 10 heteroatoms. The Hall–Kier alpha value is -4.91. The van der Waals surface area contributed by atoms with Gasteiger partial charge in [0.2, 0.25) is 0 Å². The Labute approximate surface area is 225 Å². The minimum absolute atomic E-state index is 0.0994. The number of imidazole rings is 1. The standard InChI is InChI=1S/C29H29N7O3/c1-29(2,3)15-19(16-30)27(37)34-14-13-21(17-34)36-26-24(25(31)32-18-33-26)35(28(36)38)20-9-11-23(12-10-20)39-22-7-5-4-6-8-22/h4-12,15,18,21H,13-14,17H2,1-3H3,(H2,31,32,33)/b19-15+/t21-/m1/s1. The van der Waals surface area contributed by atoms with Crippen molar-refractivity contribution in [3.63, 3.8) is 0 Å². The van der Waals surface area contributed by atoms with Crippen LogP contribution in [0.3, 0.4) is 0 Å². The summed E-state index contributed by atoms with van der Waals surface area (Å²) >= 11 is 0. The number of nitrogen functional groups attached to an aromatic ring is 1. The first kappa shape index (κ1) is 25.7. The van der Waals surface area contributed by atoms with E-state index in [-0.39, 0.29) is 41.0 Å². The number of hydrogen-bond acceptors (Lipinski definition) is 7. The number of anilines is 1. The zero-order valence-electron chi connectivity index (χ0n) is 22.0. The minimum Gasteiger partial charge on any atom is -0.457 e. The van der Waals surface area contributed by atoms with Crippen LogP contribution in [0, 0.1) is 16.7 Å². The molecule has 2 aromatic carbocycles. The molecule has 3 heterocycles. The van der Waals surface area contributed by atoms with E-state index in [1.54, 1.807) is 39.8 Å². The molecule has 39 heavy (non-hydrogen) atoms. The molecule has 198 valence electrons. The quantitative estimate of drug-likeness (QED) is 0.306. The highest BCUT2D eigenvalue weighted by molar-refractivity contribution is 5.97. The second-order valence-electron chi connectivity index (χ2n) is 10.6. The number of allylic oxidation sites excluding steroid dienone is 1. The lowest BCUT2D eigenvalue weighted by Crippen LogP contribution is -2.33. The molecule has 0 aliphatic carbocycles. The SMILES string of the molecule is CC(C)(C)/C=C(\C#N)C(=O)N1CC[C@@H](n2c(=O)n(-c3ccc(Oc4ccccc4)cc3)c3c(N)ncnc32)C1. The molecule has 1 fully saturated rings. The van der Waals surface area contributed by atoms with E-state index in [0.717, 1.165) is 0 Å². The summed E-state index contributed by atoms with van der Waals surface area (Å²) in [6, 6.07) is 18.2. The predicted molar refractivity (Wildman–Crippen MR) is 147 cm³/mol. The first-order chi connectivity index (χ1) is 18.7. The summed E-state index contributed by atoms with van der Waals surface area (Å²) in [5, 5.41) is 9.59. The van der Waals surface area contributed by atoms with Crippen molar-refractivity contribution >= 4 is 22.9 Å². The van der Waals surface area contributed by atoms with Gasteiger partial charge in [0, 0.05) is 13.1 Å². The summed E-state index contributed by atoms with van der Waals surface area (Å²) in [5.41, 5.74) is 7.06. The second kappa shape index (κ2) is 10.1. The number of nitrogens with zero attached hydrogens (tertiary/aromatic N) is 6. The van der Waals surface area contributed by atoms with Crippen LogP contribution in [-0.4, -0.2) is 43.0 Å². The van der Waals surface area contributed by atoms with Gasteiger partial charge < -0.3 is 15.4 Å². The molecule has 0 bridgehead atoms. The van der Waals surface area contributed by atoms with Gasteiger partial charge in [-0.05, 0) is 48.2 Å². The van der Waals surface area contributed by atoms with E-state index < -0.39 is 0 Å². The third-order valence-electron chi connectivity index (χ3n) is 6.50. The summed E-state index contributed by atoms with van der Waals surface area (Å²) in [6.07, 6.45) is 3.54. The van der Waals surface area contributed by atoms with Crippen LogP contribution in [0.5, 0.6) is 11.5 Å². The Bertz CT molecular complexity index is 1660. The molecule has 1 aliphatic rings. The van der Waals surface area contributed by atoms with Crippen molar-refractivity contribution < 1.29 is 9.53 Å². The molecule has 2 aromatic heterocycles. The Balaban J connectivity index is 1.49. The minimum atomic E-state index is -0.338. The Morgan fingerprint density at radius 2 is 1.79 bits per heavy atom. The van der Waals surface area contributed by atoms with Crippen LogP contribution < -0.4 is 16.2 Å². The van der Waals surface area contributed by atoms with Crippen molar-refractivity contribution in [2.24, 2.45) is 5.41 Å². The summed E-state index contributed by atoms with van der Waals surface area (Å²) in [7, 11) is 0. The van der Waals surface area contributed by atoms with Crippen LogP contribution in [0.4, 0.5) is 5.82 Å². The Kier molecular flexibility index (Phi) is 6.66. The highest BCUT2D eigenvalue weighted by Gasteiger charge is 2.33. The van der Waals surface area contributed by atoms with E-state index in [0.29, 0.717) is 41.3 Å². The highest BCUT2D eigenvalue weighted by atomic mass is 16.5. The summed E-state index contributed by atoms with van der Waals surface area (Å²) in [6.45, 7) is 6.49. The van der Waals surface area contributed by atoms with Crippen LogP contribution in [0.2, 0.25) is 0 Å². The fraction of sp³-hybridized carbons (Fsp3) is 0.276. The fourth-order valence-corrected chi connectivity index (χ4v) is 4.81. The highest BCUT2D eigenvalue weighted by Crippen LogP contribution is 2.29. The van der Waals surface area contributed by atoms with Crippen molar-refractivity contribution in [2.75, 3.05) is 18.8 Å².